The van der Waals surface area contributed by atoms with Crippen LogP contribution >= 0.6 is 0 Å². The quantitative estimate of drug-likeness (QED) is 0.330. The van der Waals surface area contributed by atoms with Gasteiger partial charge in [-0.1, -0.05) is 78.9 Å². The number of hydrogen-bond acceptors (Lipinski definition) is 2. The van der Waals surface area contributed by atoms with Crippen LogP contribution in [0.5, 0.6) is 0 Å². The number of carbonyl (C=O) groups excluding carboxylic acids is 1. The van der Waals surface area contributed by atoms with Gasteiger partial charge in [0.15, 0.2) is 0 Å². The predicted octanol–water partition coefficient (Wildman–Crippen LogP) is 6.46. The standard InChI is InChI=1S/C28H26N2O/c31-28(29-20-8-11-22-9-3-1-4-10-22)25-14-7-15-27(21-25)30-26-18-16-24(17-19-26)23-12-5-2-6-13-23/h1-7,9-10,12-19,21,30H,8,11,20H2,(H,29,31). The molecule has 1 amide bonds. The lowest BCUT2D eigenvalue weighted by Crippen LogP contribution is -2.24. The number of aryl methyl sites for hydroxylation is 1. The minimum absolute atomic E-state index is 0.0452. The van der Waals surface area contributed by atoms with Gasteiger partial charge < -0.3 is 10.6 Å². The molecule has 0 bridgehead atoms. The molecule has 0 radical (unpaired) electrons. The van der Waals surface area contributed by atoms with Crippen molar-refractivity contribution in [3.63, 3.8) is 0 Å². The largest absolute Gasteiger partial charge is 0.356 e. The molecule has 2 N–H and O–H groups in total. The van der Waals surface area contributed by atoms with Crippen molar-refractivity contribution < 1.29 is 4.79 Å². The maximum Gasteiger partial charge on any atom is 0.251 e. The highest BCUT2D eigenvalue weighted by Gasteiger charge is 2.06. The van der Waals surface area contributed by atoms with E-state index in [-0.39, 0.29) is 5.91 Å². The lowest BCUT2D eigenvalue weighted by Gasteiger charge is -2.10. The summed E-state index contributed by atoms with van der Waals surface area (Å²) in [6.07, 6.45) is 1.88. The Labute approximate surface area is 183 Å². The van der Waals surface area contributed by atoms with Gasteiger partial charge in [-0.05, 0) is 59.9 Å². The summed E-state index contributed by atoms with van der Waals surface area (Å²) in [6, 6.07) is 36.5. The predicted molar refractivity (Wildman–Crippen MR) is 129 cm³/mol. The summed E-state index contributed by atoms with van der Waals surface area (Å²) >= 11 is 0. The van der Waals surface area contributed by atoms with Crippen LogP contribution in [0.1, 0.15) is 22.3 Å². The SMILES string of the molecule is O=C(NCCCc1ccccc1)c1cccc(Nc2ccc(-c3ccccc3)cc2)c1. The van der Waals surface area contributed by atoms with Crippen LogP contribution in [0, 0.1) is 0 Å². The second-order valence-corrected chi connectivity index (χ2v) is 7.49. The van der Waals surface area contributed by atoms with Crippen molar-refractivity contribution in [1.29, 1.82) is 0 Å². The molecule has 4 rings (SSSR count). The summed E-state index contributed by atoms with van der Waals surface area (Å²) in [5.74, 6) is -0.0452. The lowest BCUT2D eigenvalue weighted by molar-refractivity contribution is 0.0953. The third-order valence-electron chi connectivity index (χ3n) is 5.18. The molecule has 154 valence electrons. The molecule has 0 unspecified atom stereocenters. The molecule has 0 aliphatic carbocycles. The number of benzene rings is 4. The first-order valence-corrected chi connectivity index (χ1v) is 10.6. The van der Waals surface area contributed by atoms with E-state index < -0.39 is 0 Å². The Morgan fingerprint density at radius 2 is 1.32 bits per heavy atom. The maximum absolute atomic E-state index is 12.5. The fourth-order valence-electron chi connectivity index (χ4n) is 3.52. The minimum atomic E-state index is -0.0452. The molecule has 4 aromatic carbocycles. The molecular formula is C28H26N2O. The topological polar surface area (TPSA) is 41.1 Å². The average molecular weight is 407 g/mol. The fraction of sp³-hybridized carbons (Fsp3) is 0.107. The Hall–Kier alpha value is -3.85. The van der Waals surface area contributed by atoms with Crippen molar-refractivity contribution in [2.45, 2.75) is 12.8 Å². The van der Waals surface area contributed by atoms with E-state index in [9.17, 15) is 4.79 Å². The molecule has 0 aromatic heterocycles. The summed E-state index contributed by atoms with van der Waals surface area (Å²) < 4.78 is 0. The lowest BCUT2D eigenvalue weighted by atomic mass is 10.1. The van der Waals surface area contributed by atoms with Gasteiger partial charge in [0.05, 0.1) is 0 Å². The van der Waals surface area contributed by atoms with Gasteiger partial charge >= 0.3 is 0 Å². The van der Waals surface area contributed by atoms with Crippen molar-refractivity contribution in [3.8, 4) is 11.1 Å². The summed E-state index contributed by atoms with van der Waals surface area (Å²) in [4.78, 5) is 12.5. The van der Waals surface area contributed by atoms with Gasteiger partial charge in [0.2, 0.25) is 0 Å². The molecule has 0 aliphatic heterocycles. The summed E-state index contributed by atoms with van der Waals surface area (Å²) in [6.45, 7) is 0.659. The van der Waals surface area contributed by atoms with Gasteiger partial charge in [0.1, 0.15) is 0 Å². The number of carbonyl (C=O) groups is 1. The van der Waals surface area contributed by atoms with Crippen molar-refractivity contribution in [2.75, 3.05) is 11.9 Å². The molecule has 4 aromatic rings. The van der Waals surface area contributed by atoms with Gasteiger partial charge in [0.25, 0.3) is 5.91 Å². The van der Waals surface area contributed by atoms with E-state index in [1.165, 1.54) is 16.7 Å². The van der Waals surface area contributed by atoms with Crippen LogP contribution in [0.15, 0.2) is 109 Å². The van der Waals surface area contributed by atoms with Gasteiger partial charge in [-0.3, -0.25) is 4.79 Å². The van der Waals surface area contributed by atoms with E-state index in [4.69, 9.17) is 0 Å². The van der Waals surface area contributed by atoms with Crippen LogP contribution in [0.3, 0.4) is 0 Å². The van der Waals surface area contributed by atoms with E-state index in [0.29, 0.717) is 12.1 Å². The molecular weight excluding hydrogens is 380 g/mol. The molecule has 0 heterocycles. The number of nitrogens with one attached hydrogen (secondary N) is 2. The Morgan fingerprint density at radius 3 is 2.06 bits per heavy atom. The molecule has 0 fully saturated rings. The maximum atomic E-state index is 12.5. The van der Waals surface area contributed by atoms with Crippen molar-refractivity contribution in [2.24, 2.45) is 0 Å². The fourth-order valence-corrected chi connectivity index (χ4v) is 3.52. The van der Waals surface area contributed by atoms with E-state index in [1.807, 2.05) is 60.7 Å². The van der Waals surface area contributed by atoms with Gasteiger partial charge in [-0.25, -0.2) is 0 Å². The summed E-state index contributed by atoms with van der Waals surface area (Å²) in [7, 11) is 0. The van der Waals surface area contributed by atoms with Crippen molar-refractivity contribution in [1.82, 2.24) is 5.32 Å². The Kier molecular flexibility index (Phi) is 6.76. The van der Waals surface area contributed by atoms with E-state index in [0.717, 1.165) is 24.2 Å². The first-order chi connectivity index (χ1) is 15.3. The Morgan fingerprint density at radius 1 is 0.645 bits per heavy atom. The van der Waals surface area contributed by atoms with E-state index in [1.54, 1.807) is 0 Å². The van der Waals surface area contributed by atoms with E-state index in [2.05, 4.69) is 59.2 Å². The minimum Gasteiger partial charge on any atom is -0.356 e. The van der Waals surface area contributed by atoms with Crippen LogP contribution < -0.4 is 10.6 Å². The van der Waals surface area contributed by atoms with Crippen LogP contribution in [-0.4, -0.2) is 12.5 Å². The number of amides is 1. The van der Waals surface area contributed by atoms with Crippen molar-refractivity contribution in [3.05, 3.63) is 120 Å². The normalized spacial score (nSPS) is 10.5. The molecule has 3 heteroatoms. The zero-order chi connectivity index (χ0) is 21.3. The second-order valence-electron chi connectivity index (χ2n) is 7.49. The van der Waals surface area contributed by atoms with Crippen LogP contribution in [-0.2, 0) is 6.42 Å². The Balaban J connectivity index is 1.32. The highest BCUT2D eigenvalue weighted by Crippen LogP contribution is 2.23. The van der Waals surface area contributed by atoms with Crippen molar-refractivity contribution >= 4 is 17.3 Å². The molecule has 0 atom stereocenters. The second kappa shape index (κ2) is 10.3. The van der Waals surface area contributed by atoms with Gasteiger partial charge in [-0.15, -0.1) is 0 Å². The third kappa shape index (κ3) is 5.83. The van der Waals surface area contributed by atoms with Crippen LogP contribution in [0.4, 0.5) is 11.4 Å². The van der Waals surface area contributed by atoms with Crippen LogP contribution in [0.25, 0.3) is 11.1 Å². The third-order valence-corrected chi connectivity index (χ3v) is 5.18. The highest BCUT2D eigenvalue weighted by atomic mass is 16.1. The monoisotopic (exact) mass is 406 g/mol. The highest BCUT2D eigenvalue weighted by molar-refractivity contribution is 5.95. The van der Waals surface area contributed by atoms with Crippen LogP contribution in [0.2, 0.25) is 0 Å². The first-order valence-electron chi connectivity index (χ1n) is 10.6. The van der Waals surface area contributed by atoms with Gasteiger partial charge in [0, 0.05) is 23.5 Å². The Bertz CT molecular complexity index is 1110. The summed E-state index contributed by atoms with van der Waals surface area (Å²) in [5.41, 5.74) is 6.20. The smallest absolute Gasteiger partial charge is 0.251 e. The molecule has 0 saturated carbocycles. The number of rotatable bonds is 8. The average Bonchev–Trinajstić information content (AvgIpc) is 2.83. The van der Waals surface area contributed by atoms with E-state index >= 15 is 0 Å². The first kappa shape index (κ1) is 20.4. The zero-order valence-electron chi connectivity index (χ0n) is 17.4. The number of hydrogen-bond donors (Lipinski definition) is 2. The molecule has 0 aliphatic rings. The number of anilines is 2. The van der Waals surface area contributed by atoms with Gasteiger partial charge in [-0.2, -0.15) is 0 Å². The molecule has 31 heavy (non-hydrogen) atoms. The summed E-state index contributed by atoms with van der Waals surface area (Å²) in [5, 5.41) is 6.41. The molecule has 3 nitrogen and oxygen atoms in total. The molecule has 0 saturated heterocycles. The zero-order valence-corrected chi connectivity index (χ0v) is 17.4. The molecule has 0 spiro atoms.